The zero-order valence-corrected chi connectivity index (χ0v) is 11.5. The minimum atomic E-state index is -0.402. The predicted molar refractivity (Wildman–Crippen MR) is 77.3 cm³/mol. The van der Waals surface area contributed by atoms with E-state index in [9.17, 15) is 4.79 Å². The first kappa shape index (κ1) is 14.5. The van der Waals surface area contributed by atoms with Crippen LogP contribution in [0.25, 0.3) is 11.4 Å². The quantitative estimate of drug-likeness (QED) is 0.844. The van der Waals surface area contributed by atoms with Crippen LogP contribution in [0.5, 0.6) is 0 Å². The van der Waals surface area contributed by atoms with Crippen molar-refractivity contribution in [1.29, 1.82) is 5.26 Å². The van der Waals surface area contributed by atoms with Gasteiger partial charge in [-0.3, -0.25) is 4.79 Å². The fraction of sp³-hybridized carbons (Fsp3) is 0.200. The van der Waals surface area contributed by atoms with E-state index in [0.717, 1.165) is 5.56 Å². The Morgan fingerprint density at radius 1 is 1.38 bits per heavy atom. The number of esters is 1. The van der Waals surface area contributed by atoms with Gasteiger partial charge in [-0.25, -0.2) is 9.97 Å². The molecule has 6 nitrogen and oxygen atoms in total. The Labute approximate surface area is 122 Å². The summed E-state index contributed by atoms with van der Waals surface area (Å²) in [7, 11) is 0. The van der Waals surface area contributed by atoms with Crippen molar-refractivity contribution >= 4 is 11.8 Å². The Kier molecular flexibility index (Phi) is 4.83. The van der Waals surface area contributed by atoms with Crippen molar-refractivity contribution in [3.05, 3.63) is 42.1 Å². The minimum Gasteiger partial charge on any atom is -0.465 e. The third-order valence-electron chi connectivity index (χ3n) is 2.65. The van der Waals surface area contributed by atoms with Gasteiger partial charge >= 0.3 is 5.97 Å². The van der Waals surface area contributed by atoms with Gasteiger partial charge in [0.15, 0.2) is 5.82 Å². The molecule has 21 heavy (non-hydrogen) atoms. The molecular weight excluding hydrogens is 268 g/mol. The van der Waals surface area contributed by atoms with Crippen LogP contribution >= 0.6 is 0 Å². The molecule has 2 rings (SSSR count). The zero-order chi connectivity index (χ0) is 15.1. The number of ether oxygens (including phenoxy) is 1. The van der Waals surface area contributed by atoms with Gasteiger partial charge in [0.25, 0.3) is 0 Å². The van der Waals surface area contributed by atoms with Gasteiger partial charge in [-0.1, -0.05) is 30.3 Å². The first-order valence-corrected chi connectivity index (χ1v) is 6.46. The number of aromatic nitrogens is 2. The number of anilines is 1. The lowest BCUT2D eigenvalue weighted by Gasteiger charge is -2.08. The maximum atomic E-state index is 11.4. The molecule has 0 spiro atoms. The number of nitrogens with zero attached hydrogens (tertiary/aromatic N) is 3. The monoisotopic (exact) mass is 282 g/mol. The average molecular weight is 282 g/mol. The SMILES string of the molecule is CCOC(=O)CNc1nc(-c2ccccc2)ncc1C#N. The molecule has 0 bridgehead atoms. The highest BCUT2D eigenvalue weighted by Gasteiger charge is 2.10. The molecule has 0 aliphatic heterocycles. The van der Waals surface area contributed by atoms with Crippen LogP contribution in [0.4, 0.5) is 5.82 Å². The van der Waals surface area contributed by atoms with Crippen LogP contribution in [0.1, 0.15) is 12.5 Å². The highest BCUT2D eigenvalue weighted by molar-refractivity contribution is 5.75. The molecule has 0 aliphatic rings. The van der Waals surface area contributed by atoms with Crippen LogP contribution in [0.2, 0.25) is 0 Å². The summed E-state index contributed by atoms with van der Waals surface area (Å²) >= 11 is 0. The molecular formula is C15H14N4O2. The second kappa shape index (κ2) is 7.01. The van der Waals surface area contributed by atoms with Crippen LogP contribution < -0.4 is 5.32 Å². The number of benzene rings is 1. The first-order valence-electron chi connectivity index (χ1n) is 6.46. The standard InChI is InChI=1S/C15H14N4O2/c1-2-21-13(20)10-18-15-12(8-16)9-17-14(19-15)11-6-4-3-5-7-11/h3-7,9H,2,10H2,1H3,(H,17,18,19). The molecule has 0 atom stereocenters. The van der Waals surface area contributed by atoms with Crippen LogP contribution in [-0.2, 0) is 9.53 Å². The second-order valence-electron chi connectivity index (χ2n) is 4.09. The summed E-state index contributed by atoms with van der Waals surface area (Å²) in [5.41, 5.74) is 1.11. The topological polar surface area (TPSA) is 87.9 Å². The average Bonchev–Trinajstić information content (AvgIpc) is 2.54. The fourth-order valence-electron chi connectivity index (χ4n) is 1.69. The largest absolute Gasteiger partial charge is 0.465 e. The number of hydrogen-bond donors (Lipinski definition) is 1. The molecule has 6 heteroatoms. The summed E-state index contributed by atoms with van der Waals surface area (Å²) in [6, 6.07) is 11.4. The molecule has 1 heterocycles. The lowest BCUT2D eigenvalue weighted by atomic mass is 10.2. The third-order valence-corrected chi connectivity index (χ3v) is 2.65. The fourth-order valence-corrected chi connectivity index (χ4v) is 1.69. The van der Waals surface area contributed by atoms with Crippen LogP contribution in [0.15, 0.2) is 36.5 Å². The summed E-state index contributed by atoms with van der Waals surface area (Å²) < 4.78 is 4.82. The maximum absolute atomic E-state index is 11.4. The highest BCUT2D eigenvalue weighted by Crippen LogP contribution is 2.18. The summed E-state index contributed by atoms with van der Waals surface area (Å²) in [4.78, 5) is 19.8. The molecule has 2 aromatic rings. The van der Waals surface area contributed by atoms with E-state index in [-0.39, 0.29) is 12.1 Å². The highest BCUT2D eigenvalue weighted by atomic mass is 16.5. The van der Waals surface area contributed by atoms with Gasteiger partial charge < -0.3 is 10.1 Å². The van der Waals surface area contributed by atoms with Crippen molar-refractivity contribution in [2.24, 2.45) is 0 Å². The Morgan fingerprint density at radius 2 is 2.14 bits per heavy atom. The summed E-state index contributed by atoms with van der Waals surface area (Å²) in [6.45, 7) is 2.00. The first-order chi connectivity index (χ1) is 10.2. The van der Waals surface area contributed by atoms with Crippen molar-refractivity contribution in [2.45, 2.75) is 6.92 Å². The molecule has 0 aliphatic carbocycles. The lowest BCUT2D eigenvalue weighted by molar-refractivity contribution is -0.140. The van der Waals surface area contributed by atoms with Crippen LogP contribution in [0, 0.1) is 11.3 Å². The molecule has 0 radical (unpaired) electrons. The van der Waals surface area contributed by atoms with Crippen LogP contribution in [-0.4, -0.2) is 29.1 Å². The molecule has 0 fully saturated rings. The van der Waals surface area contributed by atoms with Gasteiger partial charge in [0.05, 0.1) is 12.8 Å². The van der Waals surface area contributed by atoms with Crippen LogP contribution in [0.3, 0.4) is 0 Å². The lowest BCUT2D eigenvalue weighted by Crippen LogP contribution is -2.18. The Bertz CT molecular complexity index is 665. The molecule has 1 aromatic carbocycles. The Hall–Kier alpha value is -2.94. The number of nitriles is 1. The van der Waals surface area contributed by atoms with Gasteiger partial charge in [0.2, 0.25) is 0 Å². The second-order valence-corrected chi connectivity index (χ2v) is 4.09. The zero-order valence-electron chi connectivity index (χ0n) is 11.5. The number of carbonyl (C=O) groups is 1. The maximum Gasteiger partial charge on any atom is 0.325 e. The van der Waals surface area contributed by atoms with Crippen molar-refractivity contribution in [1.82, 2.24) is 9.97 Å². The third kappa shape index (κ3) is 3.76. The summed E-state index contributed by atoms with van der Waals surface area (Å²) in [5, 5.41) is 11.9. The van der Waals surface area contributed by atoms with Crippen molar-refractivity contribution in [3.63, 3.8) is 0 Å². The van der Waals surface area contributed by atoms with Gasteiger partial charge in [-0.15, -0.1) is 0 Å². The van der Waals surface area contributed by atoms with Gasteiger partial charge in [-0.2, -0.15) is 5.26 Å². The Morgan fingerprint density at radius 3 is 2.81 bits per heavy atom. The number of carbonyl (C=O) groups excluding carboxylic acids is 1. The molecule has 1 N–H and O–H groups in total. The van der Waals surface area contributed by atoms with Crippen molar-refractivity contribution in [3.8, 4) is 17.5 Å². The van der Waals surface area contributed by atoms with E-state index < -0.39 is 5.97 Å². The Balaban J connectivity index is 2.23. The van der Waals surface area contributed by atoms with E-state index in [1.807, 2.05) is 36.4 Å². The summed E-state index contributed by atoms with van der Waals surface area (Å²) in [5.74, 6) is 0.404. The molecule has 0 unspecified atom stereocenters. The smallest absolute Gasteiger partial charge is 0.325 e. The molecule has 0 saturated heterocycles. The molecule has 106 valence electrons. The molecule has 0 saturated carbocycles. The van der Waals surface area contributed by atoms with E-state index in [4.69, 9.17) is 10.00 Å². The van der Waals surface area contributed by atoms with E-state index in [1.165, 1.54) is 6.20 Å². The number of rotatable bonds is 5. The van der Waals surface area contributed by atoms with Gasteiger partial charge in [-0.05, 0) is 6.92 Å². The van der Waals surface area contributed by atoms with E-state index in [1.54, 1.807) is 6.92 Å². The molecule has 0 amide bonds. The van der Waals surface area contributed by atoms with Gasteiger partial charge in [0.1, 0.15) is 24.0 Å². The minimum absolute atomic E-state index is 0.0479. The predicted octanol–water partition coefficient (Wildman–Crippen LogP) is 1.99. The van der Waals surface area contributed by atoms with Crippen molar-refractivity contribution < 1.29 is 9.53 Å². The number of hydrogen-bond acceptors (Lipinski definition) is 6. The number of nitrogens with one attached hydrogen (secondary N) is 1. The van der Waals surface area contributed by atoms with Gasteiger partial charge in [0, 0.05) is 5.56 Å². The van der Waals surface area contributed by atoms with E-state index in [2.05, 4.69) is 15.3 Å². The van der Waals surface area contributed by atoms with Crippen molar-refractivity contribution in [2.75, 3.05) is 18.5 Å². The molecule has 1 aromatic heterocycles. The normalized spacial score (nSPS) is 9.71. The summed E-state index contributed by atoms with van der Waals surface area (Å²) in [6.07, 6.45) is 1.43. The van der Waals surface area contributed by atoms with E-state index in [0.29, 0.717) is 18.2 Å². The van der Waals surface area contributed by atoms with E-state index >= 15 is 0 Å².